The molecule has 0 unspecified atom stereocenters. The summed E-state index contributed by atoms with van der Waals surface area (Å²) in [6, 6.07) is 9.75. The molecule has 0 aliphatic carbocycles. The maximum absolute atomic E-state index is 12.8. The maximum atomic E-state index is 12.8. The van der Waals surface area contributed by atoms with Crippen molar-refractivity contribution in [3.63, 3.8) is 0 Å². The van der Waals surface area contributed by atoms with Gasteiger partial charge in [0.25, 0.3) is 5.91 Å². The zero-order valence-electron chi connectivity index (χ0n) is 14.3. The van der Waals surface area contributed by atoms with Gasteiger partial charge in [-0.1, -0.05) is 23.4 Å². The molecule has 6 heteroatoms. The minimum absolute atomic E-state index is 0.0738. The Morgan fingerprint density at radius 1 is 1.20 bits per heavy atom. The van der Waals surface area contributed by atoms with Crippen LogP contribution in [0.3, 0.4) is 0 Å². The van der Waals surface area contributed by atoms with Crippen LogP contribution in [-0.2, 0) is 11.3 Å². The van der Waals surface area contributed by atoms with E-state index in [1.165, 1.54) is 0 Å². The number of piperazine rings is 1. The van der Waals surface area contributed by atoms with E-state index >= 15 is 0 Å². The van der Waals surface area contributed by atoms with Gasteiger partial charge in [-0.3, -0.25) is 9.69 Å². The van der Waals surface area contributed by atoms with Crippen LogP contribution in [0.2, 0.25) is 0 Å². The van der Waals surface area contributed by atoms with Crippen LogP contribution in [0.5, 0.6) is 5.75 Å². The number of fused-ring (bicyclic) bond motifs is 1. The van der Waals surface area contributed by atoms with E-state index in [2.05, 4.69) is 10.1 Å². The smallest absolute Gasteiger partial charge is 0.253 e. The van der Waals surface area contributed by atoms with Crippen molar-refractivity contribution in [2.75, 3.05) is 32.8 Å². The van der Waals surface area contributed by atoms with Gasteiger partial charge in [0.2, 0.25) is 0 Å². The van der Waals surface area contributed by atoms with Crippen LogP contribution in [0.1, 0.15) is 17.0 Å². The van der Waals surface area contributed by atoms with Gasteiger partial charge in [0.1, 0.15) is 12.4 Å². The molecule has 0 bridgehead atoms. The molecule has 2 aliphatic heterocycles. The summed E-state index contributed by atoms with van der Waals surface area (Å²) in [7, 11) is 0. The molecule has 1 fully saturated rings. The second kappa shape index (κ2) is 6.72. The number of aryl methyl sites for hydroxylation is 1. The van der Waals surface area contributed by atoms with E-state index in [0.29, 0.717) is 19.7 Å². The van der Waals surface area contributed by atoms with E-state index in [1.54, 1.807) is 0 Å². The summed E-state index contributed by atoms with van der Waals surface area (Å²) < 4.78 is 11.0. The highest BCUT2D eigenvalue weighted by Crippen LogP contribution is 2.26. The fourth-order valence-electron chi connectivity index (χ4n) is 3.26. The normalized spacial score (nSPS) is 17.6. The predicted molar refractivity (Wildman–Crippen MR) is 93.0 cm³/mol. The summed E-state index contributed by atoms with van der Waals surface area (Å²) in [4.78, 5) is 17.0. The lowest BCUT2D eigenvalue weighted by Crippen LogP contribution is -2.49. The fourth-order valence-corrected chi connectivity index (χ4v) is 3.26. The molecule has 0 saturated carbocycles. The van der Waals surface area contributed by atoms with Gasteiger partial charge in [-0.05, 0) is 19.1 Å². The standard InChI is InChI=1S/C19H21N3O3/c1-14-10-17(25-20-14)12-21-6-8-22(9-7-21)19(23)16-11-15-4-2-3-5-18(15)24-13-16/h2-5,10-11H,6-9,12-13H2,1H3. The molecular weight excluding hydrogens is 318 g/mol. The Hall–Kier alpha value is -2.60. The van der Waals surface area contributed by atoms with Crippen LogP contribution in [0.25, 0.3) is 6.08 Å². The van der Waals surface area contributed by atoms with Crippen LogP contribution in [-0.4, -0.2) is 53.6 Å². The summed E-state index contributed by atoms with van der Waals surface area (Å²) in [5.74, 6) is 1.79. The SMILES string of the molecule is Cc1cc(CN2CCN(C(=O)C3=Cc4ccccc4OC3)CC2)on1. The number of hydrogen-bond donors (Lipinski definition) is 0. The fraction of sp³-hybridized carbons (Fsp3) is 0.368. The van der Waals surface area contributed by atoms with Gasteiger partial charge < -0.3 is 14.2 Å². The molecule has 1 aromatic carbocycles. The van der Waals surface area contributed by atoms with E-state index in [9.17, 15) is 4.79 Å². The monoisotopic (exact) mass is 339 g/mol. The highest BCUT2D eigenvalue weighted by atomic mass is 16.5. The minimum Gasteiger partial charge on any atom is -0.488 e. The number of para-hydroxylation sites is 1. The lowest BCUT2D eigenvalue weighted by Gasteiger charge is -2.35. The Morgan fingerprint density at radius 2 is 2.00 bits per heavy atom. The first-order chi connectivity index (χ1) is 12.2. The van der Waals surface area contributed by atoms with Crippen molar-refractivity contribution in [3.8, 4) is 5.75 Å². The molecule has 6 nitrogen and oxygen atoms in total. The molecular formula is C19H21N3O3. The Balaban J connectivity index is 1.36. The summed E-state index contributed by atoms with van der Waals surface area (Å²) in [6.07, 6.45) is 1.95. The van der Waals surface area contributed by atoms with Gasteiger partial charge in [0.05, 0.1) is 17.8 Å². The van der Waals surface area contributed by atoms with E-state index in [0.717, 1.165) is 48.0 Å². The van der Waals surface area contributed by atoms with Crippen molar-refractivity contribution in [3.05, 3.63) is 52.9 Å². The van der Waals surface area contributed by atoms with Crippen LogP contribution < -0.4 is 4.74 Å². The summed E-state index contributed by atoms with van der Waals surface area (Å²) in [6.45, 7) is 6.08. The average Bonchev–Trinajstić information content (AvgIpc) is 3.06. The lowest BCUT2D eigenvalue weighted by atomic mass is 10.1. The Bertz CT molecular complexity index is 804. The van der Waals surface area contributed by atoms with Gasteiger partial charge in [0, 0.05) is 37.8 Å². The van der Waals surface area contributed by atoms with Crippen molar-refractivity contribution >= 4 is 12.0 Å². The third-order valence-corrected chi connectivity index (χ3v) is 4.62. The second-order valence-electron chi connectivity index (χ2n) is 6.50. The Morgan fingerprint density at radius 3 is 2.76 bits per heavy atom. The van der Waals surface area contributed by atoms with Gasteiger partial charge in [0.15, 0.2) is 5.76 Å². The molecule has 0 N–H and O–H groups in total. The molecule has 1 amide bonds. The van der Waals surface area contributed by atoms with E-state index in [4.69, 9.17) is 9.26 Å². The minimum atomic E-state index is 0.0738. The number of hydrogen-bond acceptors (Lipinski definition) is 5. The van der Waals surface area contributed by atoms with Crippen LogP contribution >= 0.6 is 0 Å². The number of benzene rings is 1. The van der Waals surface area contributed by atoms with Crippen molar-refractivity contribution in [1.29, 1.82) is 0 Å². The summed E-state index contributed by atoms with van der Waals surface area (Å²) >= 11 is 0. The average molecular weight is 339 g/mol. The number of rotatable bonds is 3. The summed E-state index contributed by atoms with van der Waals surface area (Å²) in [5, 5.41) is 3.92. The third kappa shape index (κ3) is 3.44. The predicted octanol–water partition coefficient (Wildman–Crippen LogP) is 2.10. The molecule has 1 saturated heterocycles. The molecule has 1 aromatic heterocycles. The van der Waals surface area contributed by atoms with Gasteiger partial charge in [-0.15, -0.1) is 0 Å². The maximum Gasteiger partial charge on any atom is 0.253 e. The number of aromatic nitrogens is 1. The summed E-state index contributed by atoms with van der Waals surface area (Å²) in [5.41, 5.74) is 2.59. The number of amides is 1. The first kappa shape index (κ1) is 15.9. The Kier molecular flexibility index (Phi) is 4.28. The van der Waals surface area contributed by atoms with Crippen molar-refractivity contribution in [1.82, 2.24) is 15.0 Å². The number of ether oxygens (including phenoxy) is 1. The van der Waals surface area contributed by atoms with Crippen molar-refractivity contribution < 1.29 is 14.1 Å². The zero-order chi connectivity index (χ0) is 17.2. The number of nitrogens with zero attached hydrogens (tertiary/aromatic N) is 3. The van der Waals surface area contributed by atoms with Gasteiger partial charge in [-0.2, -0.15) is 0 Å². The molecule has 0 atom stereocenters. The number of carbonyl (C=O) groups excluding carboxylic acids is 1. The molecule has 25 heavy (non-hydrogen) atoms. The van der Waals surface area contributed by atoms with Gasteiger partial charge >= 0.3 is 0 Å². The molecule has 0 spiro atoms. The van der Waals surface area contributed by atoms with Crippen LogP contribution in [0.15, 0.2) is 40.4 Å². The third-order valence-electron chi connectivity index (χ3n) is 4.62. The lowest BCUT2D eigenvalue weighted by molar-refractivity contribution is -0.129. The van der Waals surface area contributed by atoms with Crippen molar-refractivity contribution in [2.45, 2.75) is 13.5 Å². The molecule has 0 radical (unpaired) electrons. The first-order valence-corrected chi connectivity index (χ1v) is 8.55. The first-order valence-electron chi connectivity index (χ1n) is 8.55. The highest BCUT2D eigenvalue weighted by Gasteiger charge is 2.26. The van der Waals surface area contributed by atoms with Crippen LogP contribution in [0.4, 0.5) is 0 Å². The molecule has 2 aromatic rings. The number of carbonyl (C=O) groups is 1. The molecule has 4 rings (SSSR count). The second-order valence-corrected chi connectivity index (χ2v) is 6.50. The van der Waals surface area contributed by atoms with E-state index < -0.39 is 0 Å². The topological polar surface area (TPSA) is 58.8 Å². The molecule has 3 heterocycles. The Labute approximate surface area is 146 Å². The zero-order valence-corrected chi connectivity index (χ0v) is 14.3. The quantitative estimate of drug-likeness (QED) is 0.857. The van der Waals surface area contributed by atoms with Crippen LogP contribution in [0, 0.1) is 6.92 Å². The van der Waals surface area contributed by atoms with E-state index in [1.807, 2.05) is 48.2 Å². The molecule has 130 valence electrons. The van der Waals surface area contributed by atoms with Crippen molar-refractivity contribution in [2.24, 2.45) is 0 Å². The van der Waals surface area contributed by atoms with Gasteiger partial charge in [-0.25, -0.2) is 0 Å². The molecule has 2 aliphatic rings. The van der Waals surface area contributed by atoms with E-state index in [-0.39, 0.29) is 5.91 Å². The largest absolute Gasteiger partial charge is 0.488 e. The highest BCUT2D eigenvalue weighted by molar-refractivity contribution is 5.99.